The van der Waals surface area contributed by atoms with Gasteiger partial charge in [0.1, 0.15) is 0 Å². The number of rotatable bonds is 1. The molecule has 14 heavy (non-hydrogen) atoms. The van der Waals surface area contributed by atoms with Crippen molar-refractivity contribution in [2.24, 2.45) is 0 Å². The third-order valence-electron chi connectivity index (χ3n) is 1.99. The quantitative estimate of drug-likeness (QED) is 0.704. The van der Waals surface area contributed by atoms with E-state index in [9.17, 15) is 9.90 Å². The van der Waals surface area contributed by atoms with E-state index < -0.39 is 5.97 Å². The smallest absolute Gasteiger partial charge is 0.242 e. The van der Waals surface area contributed by atoms with Crippen LogP contribution in [0.2, 0.25) is 0 Å². The van der Waals surface area contributed by atoms with Crippen molar-refractivity contribution < 1.29 is 9.90 Å². The molecule has 2 aromatic carbocycles. The van der Waals surface area contributed by atoms with E-state index in [1.807, 2.05) is 24.3 Å². The number of carbonyl (C=O) groups is 1. The zero-order chi connectivity index (χ0) is 9.26. The van der Waals surface area contributed by atoms with Crippen LogP contribution in [0, 0.1) is 0 Å². The average molecular weight is 205 g/mol. The lowest BCUT2D eigenvalue weighted by molar-refractivity contribution is 0.0573. The van der Waals surface area contributed by atoms with E-state index in [0.29, 0.717) is 0 Å². The van der Waals surface area contributed by atoms with Crippen LogP contribution in [0.5, 0.6) is 0 Å². The Hall–Kier alpha value is -1.48. The summed E-state index contributed by atoms with van der Waals surface area (Å²) in [5.41, 5.74) is 0.221. The largest absolute Gasteiger partial charge is 0.386 e. The third-order valence-corrected chi connectivity index (χ3v) is 1.99. The monoisotopic (exact) mass is 205 g/mol. The summed E-state index contributed by atoms with van der Waals surface area (Å²) < 4.78 is 0. The minimum Gasteiger partial charge on any atom is -0.242 e. The molecule has 0 aliphatic carbocycles. The molecule has 2 rings (SSSR count). The highest BCUT2D eigenvalue weighted by Crippen LogP contribution is 2.15. The molecular weight excluding hydrogens is 196 g/mol. The van der Waals surface area contributed by atoms with Gasteiger partial charge >= 0.3 is 5.97 Å². The molecule has 0 amide bonds. The lowest BCUT2D eigenvalue weighted by Gasteiger charge is -1.97. The first-order chi connectivity index (χ1) is 6.27. The van der Waals surface area contributed by atoms with Gasteiger partial charge in [0, 0.05) is 0 Å². The molecule has 0 aliphatic heterocycles. The first-order valence-corrected chi connectivity index (χ1v) is 3.97. The van der Waals surface area contributed by atoms with E-state index in [0.717, 1.165) is 10.8 Å². The Labute approximate surface area is 88.6 Å². The van der Waals surface area contributed by atoms with Gasteiger partial charge in [0.15, 0.2) is 0 Å². The van der Waals surface area contributed by atoms with Gasteiger partial charge in [-0.2, -0.15) is 13.5 Å². The molecule has 0 N–H and O–H groups in total. The molecule has 0 spiro atoms. The molecule has 3 heteroatoms. The second-order valence-corrected chi connectivity index (χ2v) is 2.85. The predicted molar refractivity (Wildman–Crippen MR) is 59.3 cm³/mol. The lowest BCUT2D eigenvalue weighted by Crippen LogP contribution is -1.92. The van der Waals surface area contributed by atoms with Crippen LogP contribution in [-0.4, -0.2) is 5.97 Å². The Morgan fingerprint density at radius 1 is 0.929 bits per heavy atom. The van der Waals surface area contributed by atoms with E-state index in [1.165, 1.54) is 0 Å². The summed E-state index contributed by atoms with van der Waals surface area (Å²) in [5, 5.41) is 12.5. The number of fused-ring (bicyclic) bond motifs is 1. The van der Waals surface area contributed by atoms with Crippen molar-refractivity contribution in [3.63, 3.8) is 0 Å². The van der Waals surface area contributed by atoms with E-state index in [-0.39, 0.29) is 19.1 Å². The lowest BCUT2D eigenvalue weighted by atomic mass is 10.1. The summed E-state index contributed by atoms with van der Waals surface area (Å²) in [5.74, 6) is -1.13. The molecule has 0 saturated carbocycles. The first-order valence-electron chi connectivity index (χ1n) is 3.97. The highest BCUT2D eigenvalue weighted by atomic mass is 32.1. The standard InChI is InChI=1S/C11H7O2.H2S/c12-11(13)10-6-5-8-3-1-2-4-9(8)7-10;/h1-7H;1H2. The number of hydrogen-bond donors (Lipinski definition) is 0. The molecule has 2 nitrogen and oxygen atoms in total. The zero-order valence-corrected chi connectivity index (χ0v) is 8.36. The van der Waals surface area contributed by atoms with Crippen molar-refractivity contribution >= 4 is 30.2 Å². The van der Waals surface area contributed by atoms with Gasteiger partial charge in [-0.3, -0.25) is 0 Å². The van der Waals surface area contributed by atoms with Crippen molar-refractivity contribution in [1.82, 2.24) is 0 Å². The van der Waals surface area contributed by atoms with Crippen LogP contribution in [0.4, 0.5) is 0 Å². The Kier molecular flexibility index (Phi) is 3.14. The molecule has 0 heterocycles. The van der Waals surface area contributed by atoms with Crippen LogP contribution < -0.4 is 0 Å². The summed E-state index contributed by atoms with van der Waals surface area (Å²) in [4.78, 5) is 10.5. The second kappa shape index (κ2) is 4.15. The summed E-state index contributed by atoms with van der Waals surface area (Å²) in [6, 6.07) is 12.6. The van der Waals surface area contributed by atoms with Gasteiger partial charge in [-0.1, -0.05) is 30.3 Å². The predicted octanol–water partition coefficient (Wildman–Crippen LogP) is 2.52. The van der Waals surface area contributed by atoms with Crippen LogP contribution in [-0.2, 0) is 5.11 Å². The van der Waals surface area contributed by atoms with Gasteiger partial charge in [-0.15, -0.1) is 0 Å². The molecule has 0 bridgehead atoms. The van der Waals surface area contributed by atoms with E-state index >= 15 is 0 Å². The molecule has 0 atom stereocenters. The van der Waals surface area contributed by atoms with Crippen LogP contribution in [0.15, 0.2) is 42.5 Å². The van der Waals surface area contributed by atoms with Gasteiger partial charge in [-0.25, -0.2) is 9.90 Å². The highest BCUT2D eigenvalue weighted by molar-refractivity contribution is 7.59. The molecule has 71 valence electrons. The maximum atomic E-state index is 10.5. The van der Waals surface area contributed by atoms with E-state index in [1.54, 1.807) is 18.2 Å². The summed E-state index contributed by atoms with van der Waals surface area (Å²) in [7, 11) is 0. The van der Waals surface area contributed by atoms with Gasteiger partial charge in [-0.05, 0) is 22.9 Å². The molecular formula is C11H9O2S. The fourth-order valence-corrected chi connectivity index (χ4v) is 1.32. The Morgan fingerprint density at radius 3 is 2.21 bits per heavy atom. The van der Waals surface area contributed by atoms with Crippen LogP contribution in [0.25, 0.3) is 10.8 Å². The Morgan fingerprint density at radius 2 is 1.57 bits per heavy atom. The van der Waals surface area contributed by atoms with Crippen molar-refractivity contribution in [3.8, 4) is 0 Å². The van der Waals surface area contributed by atoms with Gasteiger partial charge in [0.2, 0.25) is 0 Å². The molecule has 1 radical (unpaired) electrons. The normalized spacial score (nSPS) is 9.43. The number of benzene rings is 2. The molecule has 0 unspecified atom stereocenters. The fourth-order valence-electron chi connectivity index (χ4n) is 1.32. The van der Waals surface area contributed by atoms with Crippen LogP contribution >= 0.6 is 13.5 Å². The molecule has 0 saturated heterocycles. The number of hydrogen-bond acceptors (Lipinski definition) is 1. The first kappa shape index (κ1) is 10.6. The Balaban J connectivity index is 0.000000980. The third kappa shape index (κ3) is 1.88. The maximum absolute atomic E-state index is 10.5. The molecule has 0 aliphatic rings. The molecule has 0 fully saturated rings. The minimum absolute atomic E-state index is 0. The topological polar surface area (TPSA) is 37.0 Å². The van der Waals surface area contributed by atoms with Crippen LogP contribution in [0.3, 0.4) is 0 Å². The summed E-state index contributed by atoms with van der Waals surface area (Å²) >= 11 is 0. The van der Waals surface area contributed by atoms with E-state index in [2.05, 4.69) is 0 Å². The molecule has 2 aromatic rings. The summed E-state index contributed by atoms with van der Waals surface area (Å²) in [6.07, 6.45) is 0. The van der Waals surface area contributed by atoms with E-state index in [4.69, 9.17) is 0 Å². The van der Waals surface area contributed by atoms with Crippen molar-refractivity contribution in [2.75, 3.05) is 0 Å². The minimum atomic E-state index is -1.13. The van der Waals surface area contributed by atoms with Crippen molar-refractivity contribution in [1.29, 1.82) is 0 Å². The van der Waals surface area contributed by atoms with Gasteiger partial charge in [0.25, 0.3) is 0 Å². The second-order valence-electron chi connectivity index (χ2n) is 2.85. The fraction of sp³-hybridized carbons (Fsp3) is 0. The van der Waals surface area contributed by atoms with Crippen molar-refractivity contribution in [2.45, 2.75) is 0 Å². The Bertz CT molecular complexity index is 466. The van der Waals surface area contributed by atoms with Crippen LogP contribution in [0.1, 0.15) is 10.4 Å². The highest BCUT2D eigenvalue weighted by Gasteiger charge is 2.04. The summed E-state index contributed by atoms with van der Waals surface area (Å²) in [6.45, 7) is 0. The average Bonchev–Trinajstić information content (AvgIpc) is 2.17. The number of carbonyl (C=O) groups excluding carboxylic acids is 1. The SMILES string of the molecule is S.[O]C(=O)c1ccc2ccccc2c1. The van der Waals surface area contributed by atoms with Crippen molar-refractivity contribution in [3.05, 3.63) is 48.0 Å². The molecule has 0 aromatic heterocycles. The zero-order valence-electron chi connectivity index (χ0n) is 7.36. The maximum Gasteiger partial charge on any atom is 0.386 e. The van der Waals surface area contributed by atoms with Gasteiger partial charge < -0.3 is 0 Å². The van der Waals surface area contributed by atoms with Gasteiger partial charge in [0.05, 0.1) is 5.56 Å².